The Balaban J connectivity index is 1.13. The van der Waals surface area contributed by atoms with Crippen LogP contribution in [0, 0.1) is 0 Å². The molecule has 0 aliphatic carbocycles. The van der Waals surface area contributed by atoms with Crippen molar-refractivity contribution in [3.05, 3.63) is 200 Å². The first-order chi connectivity index (χ1) is 28.8. The molecule has 0 saturated carbocycles. The Bertz CT molecular complexity index is 3490. The van der Waals surface area contributed by atoms with E-state index in [4.69, 9.17) is 15.0 Å². The number of nitrogens with zero attached hydrogens (tertiary/aromatic N) is 5. The maximum absolute atomic E-state index is 5.02. The molecule has 58 heavy (non-hydrogen) atoms. The van der Waals surface area contributed by atoms with E-state index in [-0.39, 0.29) is 0 Å². The van der Waals surface area contributed by atoms with Gasteiger partial charge in [-0.3, -0.25) is 0 Å². The zero-order valence-corrected chi connectivity index (χ0v) is 31.3. The summed E-state index contributed by atoms with van der Waals surface area (Å²) in [5.41, 5.74) is 9.69. The minimum atomic E-state index is 0.630. The van der Waals surface area contributed by atoms with Crippen molar-refractivity contribution < 1.29 is 0 Å². The summed E-state index contributed by atoms with van der Waals surface area (Å²) in [6.45, 7) is 0. The molecule has 0 aliphatic heterocycles. The second kappa shape index (κ2) is 12.8. The van der Waals surface area contributed by atoms with E-state index in [0.717, 1.165) is 39.1 Å². The molecular formula is C53H33N5. The van der Waals surface area contributed by atoms with Crippen LogP contribution in [0.25, 0.3) is 111 Å². The first-order valence-corrected chi connectivity index (χ1v) is 19.6. The number of rotatable bonds is 5. The lowest BCUT2D eigenvalue weighted by molar-refractivity contribution is 1.07. The van der Waals surface area contributed by atoms with Crippen molar-refractivity contribution in [1.29, 1.82) is 0 Å². The van der Waals surface area contributed by atoms with Gasteiger partial charge in [0.15, 0.2) is 17.5 Å². The summed E-state index contributed by atoms with van der Waals surface area (Å²) in [5.74, 6) is 1.92. The molecule has 5 nitrogen and oxygen atoms in total. The number of aromatic nitrogens is 5. The second-order valence-corrected chi connectivity index (χ2v) is 14.8. The largest absolute Gasteiger partial charge is 0.307 e. The zero-order valence-electron chi connectivity index (χ0n) is 31.3. The standard InChI is InChI=1S/C53H33N5/c1-3-16-35(17-4-1)51-54-52(36-18-5-2-6-19-36)56-53(55-51)37-27-30-39(31-28-37)57-45-25-13-11-23-42(45)44-33-38-20-8-10-22-41(38)49(50(44)57)58-46-26-14-12-24-43(46)48-40-21-9-7-15-34(40)29-32-47(48)58/h1-33H. The lowest BCUT2D eigenvalue weighted by atomic mass is 10.0. The van der Waals surface area contributed by atoms with Gasteiger partial charge in [-0.1, -0.05) is 152 Å². The van der Waals surface area contributed by atoms with Gasteiger partial charge >= 0.3 is 0 Å². The molecule has 0 radical (unpaired) electrons. The summed E-state index contributed by atoms with van der Waals surface area (Å²) in [7, 11) is 0. The molecule has 12 aromatic rings. The average molecular weight is 740 g/mol. The van der Waals surface area contributed by atoms with Gasteiger partial charge in [-0.15, -0.1) is 0 Å². The van der Waals surface area contributed by atoms with Crippen molar-refractivity contribution in [3.63, 3.8) is 0 Å². The monoisotopic (exact) mass is 739 g/mol. The van der Waals surface area contributed by atoms with Crippen molar-refractivity contribution in [2.45, 2.75) is 0 Å². The van der Waals surface area contributed by atoms with Crippen LogP contribution in [0.2, 0.25) is 0 Å². The van der Waals surface area contributed by atoms with E-state index in [0.29, 0.717) is 17.5 Å². The van der Waals surface area contributed by atoms with Gasteiger partial charge in [0, 0.05) is 49.3 Å². The zero-order chi connectivity index (χ0) is 38.2. The summed E-state index contributed by atoms with van der Waals surface area (Å²) in [4.78, 5) is 15.0. The molecule has 5 heteroatoms. The van der Waals surface area contributed by atoms with E-state index >= 15 is 0 Å². The van der Waals surface area contributed by atoms with Gasteiger partial charge in [0.1, 0.15) is 0 Å². The smallest absolute Gasteiger partial charge is 0.164 e. The van der Waals surface area contributed by atoms with E-state index in [1.807, 2.05) is 60.7 Å². The maximum atomic E-state index is 5.02. The van der Waals surface area contributed by atoms with Crippen LogP contribution in [-0.4, -0.2) is 24.1 Å². The Kier molecular flexibility index (Phi) is 7.16. The lowest BCUT2D eigenvalue weighted by Crippen LogP contribution is -2.02. The highest BCUT2D eigenvalue weighted by atomic mass is 15.1. The van der Waals surface area contributed by atoms with E-state index in [1.165, 1.54) is 54.1 Å². The quantitative estimate of drug-likeness (QED) is 0.177. The van der Waals surface area contributed by atoms with E-state index in [2.05, 4.69) is 149 Å². The minimum Gasteiger partial charge on any atom is -0.307 e. The number of hydrogen-bond donors (Lipinski definition) is 0. The van der Waals surface area contributed by atoms with Crippen LogP contribution in [0.4, 0.5) is 0 Å². The molecule has 0 spiro atoms. The van der Waals surface area contributed by atoms with Gasteiger partial charge in [0.05, 0.1) is 27.8 Å². The maximum Gasteiger partial charge on any atom is 0.164 e. The van der Waals surface area contributed by atoms with Crippen molar-refractivity contribution >= 4 is 65.2 Å². The fourth-order valence-electron chi connectivity index (χ4n) is 8.94. The number of hydrogen-bond acceptors (Lipinski definition) is 3. The van der Waals surface area contributed by atoms with Gasteiger partial charge in [-0.2, -0.15) is 0 Å². The SMILES string of the molecule is c1ccc(-c2nc(-c3ccccc3)nc(-c3ccc(-n4c5ccccc5c5cc6ccccc6c(-n6c7ccccc7c7c8ccccc8ccc76)c54)cc3)n2)cc1. The topological polar surface area (TPSA) is 48.5 Å². The third kappa shape index (κ3) is 4.93. The molecule has 0 saturated heterocycles. The molecule has 0 bridgehead atoms. The molecule has 0 aliphatic rings. The Morgan fingerprint density at radius 1 is 0.310 bits per heavy atom. The van der Waals surface area contributed by atoms with Gasteiger partial charge in [-0.25, -0.2) is 15.0 Å². The van der Waals surface area contributed by atoms with Crippen LogP contribution in [0.5, 0.6) is 0 Å². The fraction of sp³-hybridized carbons (Fsp3) is 0. The Morgan fingerprint density at radius 3 is 1.47 bits per heavy atom. The molecule has 3 aromatic heterocycles. The third-order valence-corrected chi connectivity index (χ3v) is 11.5. The van der Waals surface area contributed by atoms with Crippen molar-refractivity contribution in [2.24, 2.45) is 0 Å². The van der Waals surface area contributed by atoms with Gasteiger partial charge in [0.2, 0.25) is 0 Å². The molecule has 12 rings (SSSR count). The highest BCUT2D eigenvalue weighted by Crippen LogP contribution is 2.44. The Morgan fingerprint density at radius 2 is 0.810 bits per heavy atom. The first kappa shape index (κ1) is 32.4. The second-order valence-electron chi connectivity index (χ2n) is 14.8. The highest BCUT2D eigenvalue weighted by Gasteiger charge is 2.23. The molecule has 0 atom stereocenters. The van der Waals surface area contributed by atoms with E-state index < -0.39 is 0 Å². The van der Waals surface area contributed by atoms with Crippen LogP contribution >= 0.6 is 0 Å². The first-order valence-electron chi connectivity index (χ1n) is 19.6. The molecule has 0 unspecified atom stereocenters. The number of benzene rings is 9. The van der Waals surface area contributed by atoms with Crippen molar-refractivity contribution in [3.8, 4) is 45.5 Å². The molecular weight excluding hydrogens is 707 g/mol. The van der Waals surface area contributed by atoms with Crippen LogP contribution in [0.3, 0.4) is 0 Å². The van der Waals surface area contributed by atoms with E-state index in [1.54, 1.807) is 0 Å². The number of para-hydroxylation sites is 2. The molecule has 270 valence electrons. The average Bonchev–Trinajstić information content (AvgIpc) is 3.82. The summed E-state index contributed by atoms with van der Waals surface area (Å²) in [6, 6.07) is 71.0. The summed E-state index contributed by atoms with van der Waals surface area (Å²) in [5, 5.41) is 9.81. The molecule has 0 amide bonds. The van der Waals surface area contributed by atoms with Gasteiger partial charge < -0.3 is 9.13 Å². The normalized spacial score (nSPS) is 11.8. The van der Waals surface area contributed by atoms with Gasteiger partial charge in [-0.05, 0) is 64.7 Å². The third-order valence-electron chi connectivity index (χ3n) is 11.5. The Hall–Kier alpha value is -7.89. The predicted molar refractivity (Wildman–Crippen MR) is 240 cm³/mol. The highest BCUT2D eigenvalue weighted by molar-refractivity contribution is 6.24. The predicted octanol–water partition coefficient (Wildman–Crippen LogP) is 13.4. The summed E-state index contributed by atoms with van der Waals surface area (Å²) in [6.07, 6.45) is 0. The summed E-state index contributed by atoms with van der Waals surface area (Å²) < 4.78 is 4.95. The van der Waals surface area contributed by atoms with E-state index in [9.17, 15) is 0 Å². The van der Waals surface area contributed by atoms with Gasteiger partial charge in [0.25, 0.3) is 0 Å². The molecule has 0 fully saturated rings. The van der Waals surface area contributed by atoms with Crippen LogP contribution in [0.15, 0.2) is 200 Å². The molecule has 3 heterocycles. The van der Waals surface area contributed by atoms with Crippen LogP contribution < -0.4 is 0 Å². The van der Waals surface area contributed by atoms with Crippen LogP contribution in [-0.2, 0) is 0 Å². The minimum absolute atomic E-state index is 0.630. The van der Waals surface area contributed by atoms with Crippen molar-refractivity contribution in [1.82, 2.24) is 24.1 Å². The fourth-order valence-corrected chi connectivity index (χ4v) is 8.94. The lowest BCUT2D eigenvalue weighted by Gasteiger charge is -2.17. The number of fused-ring (bicyclic) bond motifs is 9. The van der Waals surface area contributed by atoms with Crippen LogP contribution in [0.1, 0.15) is 0 Å². The van der Waals surface area contributed by atoms with Crippen molar-refractivity contribution in [2.75, 3.05) is 0 Å². The molecule has 0 N–H and O–H groups in total. The Labute approximate surface area is 333 Å². The summed E-state index contributed by atoms with van der Waals surface area (Å²) >= 11 is 0. The molecule has 9 aromatic carbocycles.